The number of pyridine rings is 1. The second kappa shape index (κ2) is 10.6. The Kier molecular flexibility index (Phi) is 7.02. The highest BCUT2D eigenvalue weighted by atomic mass is 35.5. The molecule has 0 bridgehead atoms. The monoisotopic (exact) mass is 568 g/mol. The van der Waals surface area contributed by atoms with E-state index < -0.39 is 11.7 Å². The van der Waals surface area contributed by atoms with Gasteiger partial charge in [0.15, 0.2) is 5.67 Å². The Labute approximate surface area is 237 Å². The van der Waals surface area contributed by atoms with Crippen LogP contribution in [-0.2, 0) is 11.3 Å². The summed E-state index contributed by atoms with van der Waals surface area (Å²) >= 11 is 13.3. The number of hydrogen-bond donors (Lipinski definition) is 2. The maximum Gasteiger partial charge on any atom is 0.176 e. The van der Waals surface area contributed by atoms with Crippen LogP contribution < -0.4 is 10.6 Å². The van der Waals surface area contributed by atoms with Gasteiger partial charge in [-0.1, -0.05) is 67.4 Å². The van der Waals surface area contributed by atoms with Gasteiger partial charge in [-0.05, 0) is 29.2 Å². The lowest BCUT2D eigenvalue weighted by molar-refractivity contribution is -0.138. The third-order valence-electron chi connectivity index (χ3n) is 6.21. The molecule has 1 fully saturated rings. The van der Waals surface area contributed by atoms with Crippen molar-refractivity contribution in [1.82, 2.24) is 20.0 Å². The average molecular weight is 569 g/mol. The molecule has 8 nitrogen and oxygen atoms in total. The van der Waals surface area contributed by atoms with Crippen molar-refractivity contribution < 1.29 is 10.5 Å². The minimum atomic E-state index is -1.73. The quantitative estimate of drug-likeness (QED) is 0.253. The molecule has 3 heterocycles. The fraction of sp³-hybridized carbons (Fsp3) is 0.357. The van der Waals surface area contributed by atoms with Crippen LogP contribution in [0.25, 0.3) is 10.9 Å². The largest absolute Gasteiger partial charge is 0.383 e. The molecule has 2 aromatic heterocycles. The van der Waals surface area contributed by atoms with Gasteiger partial charge in [0.2, 0.25) is 0 Å². The van der Waals surface area contributed by atoms with E-state index >= 15 is 0 Å². The van der Waals surface area contributed by atoms with Gasteiger partial charge in [-0.3, -0.25) is 4.98 Å². The predicted molar refractivity (Wildman–Crippen MR) is 151 cm³/mol. The molecule has 2 N–H and O–H groups in total. The molecule has 39 heavy (non-hydrogen) atoms. The van der Waals surface area contributed by atoms with Gasteiger partial charge in [0.1, 0.15) is 11.8 Å². The molecule has 0 amide bonds. The van der Waals surface area contributed by atoms with E-state index in [0.717, 1.165) is 0 Å². The average Bonchev–Trinajstić information content (AvgIpc) is 3.35. The molecule has 1 aliphatic rings. The first kappa shape index (κ1) is 25.8. The molecule has 1 atom stereocenters. The fourth-order valence-electron chi connectivity index (χ4n) is 4.23. The van der Waals surface area contributed by atoms with E-state index in [9.17, 15) is 11.0 Å². The highest BCUT2D eigenvalue weighted by Crippen LogP contribution is 2.37. The lowest BCUT2D eigenvalue weighted by Gasteiger charge is -2.33. The van der Waals surface area contributed by atoms with Crippen molar-refractivity contribution in [1.29, 1.82) is 5.26 Å². The molecular formula is C28H28Cl2FN7O. The molecule has 11 heteroatoms. The van der Waals surface area contributed by atoms with Gasteiger partial charge < -0.3 is 15.4 Å². The number of ether oxygens (including phenoxy) is 1. The molecule has 4 aromatic rings. The van der Waals surface area contributed by atoms with Crippen molar-refractivity contribution in [3.8, 4) is 6.07 Å². The number of halogens is 3. The van der Waals surface area contributed by atoms with Crippen LogP contribution in [-0.4, -0.2) is 45.4 Å². The van der Waals surface area contributed by atoms with E-state index in [1.165, 1.54) is 17.1 Å². The van der Waals surface area contributed by atoms with Crippen LogP contribution in [0.15, 0.2) is 48.8 Å². The number of aromatic nitrogens is 4. The number of nitriles is 1. The van der Waals surface area contributed by atoms with Gasteiger partial charge in [0.05, 0.1) is 55.1 Å². The first-order valence-electron chi connectivity index (χ1n) is 12.9. The Morgan fingerprint density at radius 2 is 2.03 bits per heavy atom. The zero-order chi connectivity index (χ0) is 28.7. The number of nitrogens with zero attached hydrogens (tertiary/aromatic N) is 5. The molecule has 202 valence electrons. The number of hydrogen-bond acceptors (Lipinski definition) is 7. The summed E-state index contributed by atoms with van der Waals surface area (Å²) in [6, 6.07) is 10.8. The van der Waals surface area contributed by atoms with Crippen molar-refractivity contribution in [3.05, 3.63) is 75.7 Å². The normalized spacial score (nSPS) is 16.6. The minimum absolute atomic E-state index is 0.0170. The highest BCUT2D eigenvalue weighted by molar-refractivity contribution is 6.36. The lowest BCUT2D eigenvalue weighted by Crippen LogP contribution is -2.48. The molecule has 0 radical (unpaired) electrons. The Hall–Kier alpha value is -3.45. The topological polar surface area (TPSA) is 101 Å². The van der Waals surface area contributed by atoms with E-state index in [-0.39, 0.29) is 30.9 Å². The van der Waals surface area contributed by atoms with Crippen LogP contribution in [0, 0.1) is 16.7 Å². The molecule has 0 spiro atoms. The Balaban J connectivity index is 1.60. The second-order valence-corrected chi connectivity index (χ2v) is 11.7. The number of nitrogens with one attached hydrogen (secondary N) is 2. The predicted octanol–water partition coefficient (Wildman–Crippen LogP) is 6.40. The van der Waals surface area contributed by atoms with Crippen LogP contribution in [0.4, 0.5) is 15.8 Å². The van der Waals surface area contributed by atoms with Crippen LogP contribution >= 0.6 is 23.2 Å². The van der Waals surface area contributed by atoms with E-state index in [4.69, 9.17) is 27.9 Å². The van der Waals surface area contributed by atoms with Crippen molar-refractivity contribution in [3.63, 3.8) is 0 Å². The number of fused-ring (bicyclic) bond motifs is 1. The number of rotatable bonds is 8. The molecule has 0 saturated carbocycles. The Morgan fingerprint density at radius 1 is 1.26 bits per heavy atom. The summed E-state index contributed by atoms with van der Waals surface area (Å²) in [5.74, 6) is 0. The van der Waals surface area contributed by atoms with Crippen LogP contribution in [0.3, 0.4) is 0 Å². The van der Waals surface area contributed by atoms with Crippen LogP contribution in [0.2, 0.25) is 10.0 Å². The summed E-state index contributed by atoms with van der Waals surface area (Å²) in [6.45, 7) is 6.78. The zero-order valence-electron chi connectivity index (χ0n) is 22.7. The molecule has 0 aliphatic carbocycles. The number of benzene rings is 2. The van der Waals surface area contributed by atoms with E-state index in [0.29, 0.717) is 50.0 Å². The van der Waals surface area contributed by atoms with Crippen molar-refractivity contribution in [2.75, 3.05) is 30.4 Å². The molecule has 2 aromatic carbocycles. The fourth-order valence-corrected chi connectivity index (χ4v) is 4.73. The van der Waals surface area contributed by atoms with Crippen molar-refractivity contribution in [2.45, 2.75) is 39.0 Å². The number of anilines is 2. The third kappa shape index (κ3) is 5.93. The summed E-state index contributed by atoms with van der Waals surface area (Å²) in [4.78, 5) is 4.41. The van der Waals surface area contributed by atoms with Gasteiger partial charge in [-0.25, -0.2) is 9.07 Å². The van der Waals surface area contributed by atoms with Crippen LogP contribution in [0.1, 0.15) is 45.0 Å². The smallest absolute Gasteiger partial charge is 0.176 e. The summed E-state index contributed by atoms with van der Waals surface area (Å²) in [6.07, 6.45) is 3.02. The summed E-state index contributed by atoms with van der Waals surface area (Å²) in [5, 5.41) is 26.0. The zero-order valence-corrected chi connectivity index (χ0v) is 23.2. The van der Waals surface area contributed by atoms with Gasteiger partial charge in [-0.15, -0.1) is 5.10 Å². The molecule has 1 saturated heterocycles. The first-order valence-corrected chi connectivity index (χ1v) is 13.1. The molecule has 0 unspecified atom stereocenters. The standard InChI is InChI=1S/C28H28Cl2FN7O/c1-27(2,3)13-34-24-17(10-32)11-33-25-20(24)8-18(9-22(25)30)35-26(19-6-4-5-7-21(19)29)23-12-38(37-36-23)14-28(31)15-39-16-28/h4-9,11-12,26,35H,13-16H2,1-3H3,(H,33,34)/t26-/m1/s1/i26D. The van der Waals surface area contributed by atoms with E-state index in [1.807, 2.05) is 0 Å². The SMILES string of the molecule is [2H][C@](Nc1cc(Cl)c2ncc(C#N)c(NCC(C)(C)C)c2c1)(c1cn(CC2(F)COC2)nn1)c1ccccc1Cl. The highest BCUT2D eigenvalue weighted by Gasteiger charge is 2.39. The van der Waals surface area contributed by atoms with Crippen molar-refractivity contribution in [2.24, 2.45) is 5.41 Å². The third-order valence-corrected chi connectivity index (χ3v) is 6.83. The van der Waals surface area contributed by atoms with Gasteiger partial charge in [0.25, 0.3) is 0 Å². The summed E-state index contributed by atoms with van der Waals surface area (Å²) < 4.78 is 30.7. The Bertz CT molecular complexity index is 1610. The van der Waals surface area contributed by atoms with Crippen molar-refractivity contribution >= 4 is 45.5 Å². The summed E-state index contributed by atoms with van der Waals surface area (Å²) in [7, 11) is 0. The van der Waals surface area contributed by atoms with Crippen LogP contribution in [0.5, 0.6) is 0 Å². The lowest BCUT2D eigenvalue weighted by atomic mass is 9.96. The first-order chi connectivity index (χ1) is 18.9. The minimum Gasteiger partial charge on any atom is -0.383 e. The second-order valence-electron chi connectivity index (χ2n) is 10.9. The maximum atomic E-state index is 14.7. The van der Waals surface area contributed by atoms with E-state index in [2.05, 4.69) is 52.8 Å². The van der Waals surface area contributed by atoms with Gasteiger partial charge in [0, 0.05) is 28.8 Å². The van der Waals surface area contributed by atoms with E-state index in [1.54, 1.807) is 36.4 Å². The Morgan fingerprint density at radius 3 is 2.69 bits per heavy atom. The molecular weight excluding hydrogens is 540 g/mol. The molecule has 1 aliphatic heterocycles. The number of alkyl halides is 1. The summed E-state index contributed by atoms with van der Waals surface area (Å²) in [5.41, 5.74) is 0.982. The van der Waals surface area contributed by atoms with Gasteiger partial charge in [-0.2, -0.15) is 5.26 Å². The molecule has 5 rings (SSSR count). The van der Waals surface area contributed by atoms with Gasteiger partial charge >= 0.3 is 0 Å². The maximum absolute atomic E-state index is 14.7.